The zero-order chi connectivity index (χ0) is 8.85. The van der Waals surface area contributed by atoms with E-state index in [1.54, 1.807) is 0 Å². The fourth-order valence-corrected chi connectivity index (χ4v) is 0.531. The molecule has 0 heterocycles. The maximum absolute atomic E-state index is 10.2. The normalized spacial score (nSPS) is 14.6. The molecule has 0 aromatic heterocycles. The summed E-state index contributed by atoms with van der Waals surface area (Å²) in [4.78, 5) is 10.2. The van der Waals surface area contributed by atoms with E-state index in [0.717, 1.165) is 0 Å². The van der Waals surface area contributed by atoms with Crippen LogP contribution in [0.15, 0.2) is 10.6 Å². The van der Waals surface area contributed by atoms with E-state index in [-0.39, 0.29) is 6.54 Å². The Morgan fingerprint density at radius 2 is 2.36 bits per heavy atom. The SMILES string of the molecule is CC(NCC(Cl)=CCl)C(=O)O. The molecule has 0 radical (unpaired) electrons. The van der Waals surface area contributed by atoms with Crippen molar-refractivity contribution in [3.05, 3.63) is 10.6 Å². The van der Waals surface area contributed by atoms with Crippen LogP contribution >= 0.6 is 23.2 Å². The molecule has 11 heavy (non-hydrogen) atoms. The van der Waals surface area contributed by atoms with Gasteiger partial charge in [-0.2, -0.15) is 0 Å². The highest BCUT2D eigenvalue weighted by molar-refractivity contribution is 6.36. The molecular weight excluding hydrogens is 189 g/mol. The van der Waals surface area contributed by atoms with E-state index < -0.39 is 12.0 Å². The number of carbonyl (C=O) groups is 1. The third-order valence-electron chi connectivity index (χ3n) is 1.07. The Balaban J connectivity index is 3.62. The quantitative estimate of drug-likeness (QED) is 0.717. The first-order valence-electron chi connectivity index (χ1n) is 2.99. The lowest BCUT2D eigenvalue weighted by molar-refractivity contribution is -0.138. The number of carboxylic acid groups (broad SMARTS) is 1. The highest BCUT2D eigenvalue weighted by Gasteiger charge is 2.08. The Bertz CT molecular complexity index is 170. The molecule has 0 aliphatic rings. The summed E-state index contributed by atoms with van der Waals surface area (Å²) in [7, 11) is 0. The molecule has 5 heteroatoms. The number of carboxylic acids is 1. The second kappa shape index (κ2) is 5.41. The molecule has 0 fully saturated rings. The molecule has 0 aromatic rings. The molecule has 0 spiro atoms. The van der Waals surface area contributed by atoms with Gasteiger partial charge in [0.1, 0.15) is 6.04 Å². The number of aliphatic carboxylic acids is 1. The first kappa shape index (κ1) is 10.8. The zero-order valence-corrected chi connectivity index (χ0v) is 7.49. The third kappa shape index (κ3) is 5.07. The van der Waals surface area contributed by atoms with Gasteiger partial charge >= 0.3 is 5.97 Å². The van der Waals surface area contributed by atoms with Crippen molar-refractivity contribution < 1.29 is 9.90 Å². The maximum atomic E-state index is 10.2. The maximum Gasteiger partial charge on any atom is 0.320 e. The molecule has 0 amide bonds. The molecule has 0 aromatic carbocycles. The van der Waals surface area contributed by atoms with Crippen LogP contribution in [0.1, 0.15) is 6.92 Å². The molecule has 0 aliphatic heterocycles. The largest absolute Gasteiger partial charge is 0.480 e. The van der Waals surface area contributed by atoms with Crippen LogP contribution in [-0.2, 0) is 4.79 Å². The van der Waals surface area contributed by atoms with Crippen molar-refractivity contribution in [2.24, 2.45) is 0 Å². The summed E-state index contributed by atoms with van der Waals surface area (Å²) < 4.78 is 0. The molecule has 3 nitrogen and oxygen atoms in total. The Morgan fingerprint density at radius 3 is 2.73 bits per heavy atom. The minimum Gasteiger partial charge on any atom is -0.480 e. The van der Waals surface area contributed by atoms with E-state index in [4.69, 9.17) is 28.3 Å². The summed E-state index contributed by atoms with van der Waals surface area (Å²) >= 11 is 10.7. The summed E-state index contributed by atoms with van der Waals surface area (Å²) in [5.74, 6) is -0.913. The minimum atomic E-state index is -0.913. The molecule has 0 saturated heterocycles. The van der Waals surface area contributed by atoms with Gasteiger partial charge in [0.15, 0.2) is 0 Å². The van der Waals surface area contributed by atoms with Gasteiger partial charge in [-0.1, -0.05) is 23.2 Å². The number of halogens is 2. The van der Waals surface area contributed by atoms with Crippen LogP contribution in [0.25, 0.3) is 0 Å². The minimum absolute atomic E-state index is 0.276. The van der Waals surface area contributed by atoms with Gasteiger partial charge in [-0.15, -0.1) is 0 Å². The first-order chi connectivity index (χ1) is 5.07. The lowest BCUT2D eigenvalue weighted by Crippen LogP contribution is -2.34. The van der Waals surface area contributed by atoms with E-state index in [0.29, 0.717) is 5.03 Å². The van der Waals surface area contributed by atoms with Crippen molar-refractivity contribution in [1.29, 1.82) is 0 Å². The molecule has 1 atom stereocenters. The highest BCUT2D eigenvalue weighted by atomic mass is 35.5. The number of hydrogen-bond donors (Lipinski definition) is 2. The van der Waals surface area contributed by atoms with Gasteiger partial charge in [-0.3, -0.25) is 10.1 Å². The monoisotopic (exact) mass is 197 g/mol. The van der Waals surface area contributed by atoms with Crippen molar-refractivity contribution in [3.8, 4) is 0 Å². The highest BCUT2D eigenvalue weighted by Crippen LogP contribution is 2.00. The van der Waals surface area contributed by atoms with Gasteiger partial charge in [0.25, 0.3) is 0 Å². The van der Waals surface area contributed by atoms with Crippen molar-refractivity contribution >= 4 is 29.2 Å². The van der Waals surface area contributed by atoms with E-state index in [2.05, 4.69) is 5.32 Å². The number of nitrogens with one attached hydrogen (secondary N) is 1. The summed E-state index contributed by atoms with van der Waals surface area (Å²) in [5, 5.41) is 11.4. The van der Waals surface area contributed by atoms with Crippen LogP contribution in [0.2, 0.25) is 0 Å². The van der Waals surface area contributed by atoms with Gasteiger partial charge in [-0.25, -0.2) is 0 Å². The summed E-state index contributed by atoms with van der Waals surface area (Å²) in [6, 6.07) is -0.611. The van der Waals surface area contributed by atoms with Crippen LogP contribution in [0, 0.1) is 0 Å². The third-order valence-corrected chi connectivity index (χ3v) is 1.68. The standard InChI is InChI=1S/C6H9Cl2NO2/c1-4(6(10)11)9-3-5(8)2-7/h2,4,9H,3H2,1H3,(H,10,11). The predicted molar refractivity (Wildman–Crippen MR) is 44.9 cm³/mol. The second-order valence-electron chi connectivity index (χ2n) is 2.00. The van der Waals surface area contributed by atoms with E-state index in [1.807, 2.05) is 0 Å². The zero-order valence-electron chi connectivity index (χ0n) is 5.97. The van der Waals surface area contributed by atoms with E-state index >= 15 is 0 Å². The van der Waals surface area contributed by atoms with Gasteiger partial charge in [0.2, 0.25) is 0 Å². The lowest BCUT2D eigenvalue weighted by atomic mass is 10.3. The fraction of sp³-hybridized carbons (Fsp3) is 0.500. The number of hydrogen-bond acceptors (Lipinski definition) is 2. The lowest BCUT2D eigenvalue weighted by Gasteiger charge is -2.06. The Morgan fingerprint density at radius 1 is 1.82 bits per heavy atom. The van der Waals surface area contributed by atoms with Crippen LogP contribution in [0.4, 0.5) is 0 Å². The molecule has 1 unspecified atom stereocenters. The average molecular weight is 198 g/mol. The molecular formula is C6H9Cl2NO2. The Kier molecular flexibility index (Phi) is 5.28. The summed E-state index contributed by atoms with van der Waals surface area (Å²) in [6.07, 6.45) is 0. The van der Waals surface area contributed by atoms with Crippen molar-refractivity contribution in [2.45, 2.75) is 13.0 Å². The Labute approximate surface area is 75.0 Å². The average Bonchev–Trinajstić information content (AvgIpc) is 1.99. The van der Waals surface area contributed by atoms with Crippen molar-refractivity contribution in [3.63, 3.8) is 0 Å². The second-order valence-corrected chi connectivity index (χ2v) is 2.70. The first-order valence-corrected chi connectivity index (χ1v) is 3.80. The van der Waals surface area contributed by atoms with Gasteiger partial charge in [0, 0.05) is 17.1 Å². The van der Waals surface area contributed by atoms with Crippen LogP contribution in [0.3, 0.4) is 0 Å². The predicted octanol–water partition coefficient (Wildman–Crippen LogP) is 1.37. The summed E-state index contributed by atoms with van der Waals surface area (Å²) in [6.45, 7) is 1.80. The Hall–Kier alpha value is -0.250. The van der Waals surface area contributed by atoms with Crippen molar-refractivity contribution in [1.82, 2.24) is 5.32 Å². The van der Waals surface area contributed by atoms with Gasteiger partial charge in [-0.05, 0) is 6.92 Å². The number of rotatable bonds is 4. The molecule has 0 aliphatic carbocycles. The van der Waals surface area contributed by atoms with E-state index in [1.165, 1.54) is 12.5 Å². The topological polar surface area (TPSA) is 49.3 Å². The molecule has 64 valence electrons. The van der Waals surface area contributed by atoms with Crippen LogP contribution in [-0.4, -0.2) is 23.7 Å². The smallest absolute Gasteiger partial charge is 0.320 e. The fourth-order valence-electron chi connectivity index (χ4n) is 0.376. The summed E-state index contributed by atoms with van der Waals surface area (Å²) in [5.41, 5.74) is 1.20. The molecule has 0 rings (SSSR count). The van der Waals surface area contributed by atoms with Crippen LogP contribution in [0.5, 0.6) is 0 Å². The van der Waals surface area contributed by atoms with Gasteiger partial charge < -0.3 is 5.11 Å². The van der Waals surface area contributed by atoms with Crippen LogP contribution < -0.4 is 5.32 Å². The molecule has 2 N–H and O–H groups in total. The van der Waals surface area contributed by atoms with Crippen molar-refractivity contribution in [2.75, 3.05) is 6.54 Å². The molecule has 0 saturated carbocycles. The molecule has 0 bridgehead atoms. The van der Waals surface area contributed by atoms with Gasteiger partial charge in [0.05, 0.1) is 0 Å². The van der Waals surface area contributed by atoms with E-state index in [9.17, 15) is 4.79 Å².